The van der Waals surface area contributed by atoms with Gasteiger partial charge in [0.15, 0.2) is 0 Å². The van der Waals surface area contributed by atoms with Gasteiger partial charge in [0, 0.05) is 0 Å². The zero-order chi connectivity index (χ0) is 13.4. The van der Waals surface area contributed by atoms with Crippen molar-refractivity contribution in [2.45, 2.75) is 11.8 Å². The van der Waals surface area contributed by atoms with Crippen molar-refractivity contribution in [3.05, 3.63) is 28.8 Å². The zero-order valence-corrected chi connectivity index (χ0v) is 12.4. The third-order valence-electron chi connectivity index (χ3n) is 1.95. The smallest absolute Gasteiger partial charge is 1.00 e. The Morgan fingerprint density at radius 1 is 1.11 bits per heavy atom. The molecule has 0 fully saturated rings. The Labute approximate surface area is 126 Å². The molecule has 3 N–H and O–H groups in total. The Hall–Kier alpha value is -0.930. The molecule has 1 rings (SSSR count). The molecular formula is C9H9NaO7S. The van der Waals surface area contributed by atoms with Gasteiger partial charge >= 0.3 is 41.5 Å². The second-order valence-electron chi connectivity index (χ2n) is 3.27. The van der Waals surface area contributed by atoms with Crippen molar-refractivity contribution in [2.75, 3.05) is 0 Å². The van der Waals surface area contributed by atoms with Crippen molar-refractivity contribution in [1.82, 2.24) is 0 Å². The second-order valence-corrected chi connectivity index (χ2v) is 4.63. The van der Waals surface area contributed by atoms with Gasteiger partial charge in [0.1, 0.15) is 4.90 Å². The Morgan fingerprint density at radius 2 is 1.44 bits per heavy atom. The number of carboxylic acid groups (broad SMARTS) is 2. The van der Waals surface area contributed by atoms with Crippen LogP contribution in [0.2, 0.25) is 0 Å². The first kappa shape index (κ1) is 17.1. The molecule has 0 heterocycles. The molecule has 9 heteroatoms. The van der Waals surface area contributed by atoms with Gasteiger partial charge in [-0.1, -0.05) is 0 Å². The molecule has 7 nitrogen and oxygen atoms in total. The van der Waals surface area contributed by atoms with Gasteiger partial charge < -0.3 is 11.6 Å². The summed E-state index contributed by atoms with van der Waals surface area (Å²) in [7, 11) is -4.93. The summed E-state index contributed by atoms with van der Waals surface area (Å²) in [6.07, 6.45) is 0. The molecule has 0 bridgehead atoms. The van der Waals surface area contributed by atoms with E-state index in [0.717, 1.165) is 12.1 Å². The average molecular weight is 284 g/mol. The van der Waals surface area contributed by atoms with Gasteiger partial charge in [-0.2, -0.15) is 8.42 Å². The van der Waals surface area contributed by atoms with E-state index in [1.165, 1.54) is 6.92 Å². The Morgan fingerprint density at radius 3 is 1.67 bits per heavy atom. The summed E-state index contributed by atoms with van der Waals surface area (Å²) in [4.78, 5) is 20.5. The number of aryl methyl sites for hydroxylation is 1. The maximum absolute atomic E-state index is 11.0. The zero-order valence-electron chi connectivity index (χ0n) is 10.5. The van der Waals surface area contributed by atoms with E-state index >= 15 is 0 Å². The molecular weight excluding hydrogens is 275 g/mol. The molecule has 0 radical (unpaired) electrons. The Bertz CT molecular complexity index is 576. The summed E-state index contributed by atoms with van der Waals surface area (Å²) in [5.41, 5.74) is -1.29. The SMILES string of the molecule is Cc1cc(C(=O)O)c(S(=O)(=O)O)c(C(=O)O)c1.[H-].[Na+]. The fourth-order valence-corrected chi connectivity index (χ4v) is 2.22. The molecule has 0 spiro atoms. The first-order valence-electron chi connectivity index (χ1n) is 4.23. The van der Waals surface area contributed by atoms with Crippen LogP contribution < -0.4 is 29.6 Å². The van der Waals surface area contributed by atoms with Gasteiger partial charge in [0.2, 0.25) is 0 Å². The maximum atomic E-state index is 11.0. The van der Waals surface area contributed by atoms with Gasteiger partial charge in [0.05, 0.1) is 11.1 Å². The number of hydrogen-bond acceptors (Lipinski definition) is 4. The molecule has 1 aromatic carbocycles. The van der Waals surface area contributed by atoms with Crippen molar-refractivity contribution in [2.24, 2.45) is 0 Å². The number of benzene rings is 1. The first-order chi connectivity index (χ1) is 7.64. The summed E-state index contributed by atoms with van der Waals surface area (Å²) in [5, 5.41) is 17.6. The van der Waals surface area contributed by atoms with E-state index in [9.17, 15) is 18.0 Å². The number of rotatable bonds is 3. The van der Waals surface area contributed by atoms with Crippen molar-refractivity contribution < 1.29 is 63.8 Å². The van der Waals surface area contributed by atoms with Gasteiger partial charge in [-0.25, -0.2) is 9.59 Å². The number of carboxylic acids is 2. The molecule has 0 saturated carbocycles. The Kier molecular flexibility index (Phi) is 5.51. The van der Waals surface area contributed by atoms with E-state index in [1.807, 2.05) is 0 Å². The molecule has 0 amide bonds. The minimum atomic E-state index is -4.93. The Balaban J connectivity index is 0. The van der Waals surface area contributed by atoms with Crippen molar-refractivity contribution in [3.63, 3.8) is 0 Å². The van der Waals surface area contributed by atoms with E-state index in [2.05, 4.69) is 0 Å². The van der Waals surface area contributed by atoms with E-state index in [4.69, 9.17) is 14.8 Å². The summed E-state index contributed by atoms with van der Waals surface area (Å²) in [6.45, 7) is 1.41. The molecule has 18 heavy (non-hydrogen) atoms. The fraction of sp³-hybridized carbons (Fsp3) is 0.111. The normalized spacial score (nSPS) is 10.6. The number of hydrogen-bond donors (Lipinski definition) is 3. The maximum Gasteiger partial charge on any atom is 1.00 e. The van der Waals surface area contributed by atoms with E-state index < -0.39 is 38.1 Å². The van der Waals surface area contributed by atoms with Crippen LogP contribution in [0.25, 0.3) is 0 Å². The molecule has 0 aliphatic rings. The predicted molar refractivity (Wildman–Crippen MR) is 56.0 cm³/mol. The van der Waals surface area contributed by atoms with Gasteiger partial charge in [0.25, 0.3) is 10.1 Å². The van der Waals surface area contributed by atoms with Crippen LogP contribution in [-0.2, 0) is 10.1 Å². The standard InChI is InChI=1S/C9H8O7S.Na.H/c1-4-2-5(8(10)11)7(17(14,15)16)6(3-4)9(12)13;;/h2-3H,1H3,(H,10,11)(H,12,13)(H,14,15,16);;/q;+1;-1. The van der Waals surface area contributed by atoms with Gasteiger partial charge in [-0.05, 0) is 24.6 Å². The van der Waals surface area contributed by atoms with Crippen molar-refractivity contribution >= 4 is 22.1 Å². The van der Waals surface area contributed by atoms with Crippen LogP contribution in [-0.4, -0.2) is 35.1 Å². The monoisotopic (exact) mass is 284 g/mol. The van der Waals surface area contributed by atoms with Crippen molar-refractivity contribution in [1.29, 1.82) is 0 Å². The summed E-state index contributed by atoms with van der Waals surface area (Å²) in [5.74, 6) is -3.27. The van der Waals surface area contributed by atoms with Crippen LogP contribution in [0.3, 0.4) is 0 Å². The second kappa shape index (κ2) is 5.81. The predicted octanol–water partition coefficient (Wildman–Crippen LogP) is -2.25. The summed E-state index contributed by atoms with van der Waals surface area (Å²) < 4.78 is 30.9. The average Bonchev–Trinajstić information content (AvgIpc) is 2.14. The summed E-state index contributed by atoms with van der Waals surface area (Å²) >= 11 is 0. The molecule has 1 aromatic rings. The number of carbonyl (C=O) groups is 2. The fourth-order valence-electron chi connectivity index (χ4n) is 1.37. The molecule has 94 valence electrons. The van der Waals surface area contributed by atoms with Gasteiger partial charge in [-0.3, -0.25) is 4.55 Å². The largest absolute Gasteiger partial charge is 1.00 e. The molecule has 0 aromatic heterocycles. The number of aromatic carboxylic acids is 2. The molecule has 0 aliphatic heterocycles. The van der Waals surface area contributed by atoms with E-state index in [-0.39, 0.29) is 36.5 Å². The molecule has 0 aliphatic carbocycles. The van der Waals surface area contributed by atoms with Crippen LogP contribution in [0, 0.1) is 6.92 Å². The van der Waals surface area contributed by atoms with Crippen LogP contribution in [0.1, 0.15) is 27.7 Å². The molecule has 0 saturated heterocycles. The van der Waals surface area contributed by atoms with Crippen molar-refractivity contribution in [3.8, 4) is 0 Å². The quantitative estimate of drug-likeness (QED) is 0.422. The molecule has 0 unspecified atom stereocenters. The topological polar surface area (TPSA) is 129 Å². The van der Waals surface area contributed by atoms with Crippen LogP contribution >= 0.6 is 0 Å². The van der Waals surface area contributed by atoms with Crippen LogP contribution in [0.4, 0.5) is 0 Å². The third kappa shape index (κ3) is 3.53. The van der Waals surface area contributed by atoms with Gasteiger partial charge in [-0.15, -0.1) is 0 Å². The molecule has 0 atom stereocenters. The minimum absolute atomic E-state index is 0. The van der Waals surface area contributed by atoms with Crippen LogP contribution in [0.15, 0.2) is 17.0 Å². The van der Waals surface area contributed by atoms with E-state index in [0.29, 0.717) is 0 Å². The minimum Gasteiger partial charge on any atom is -1.00 e. The first-order valence-corrected chi connectivity index (χ1v) is 5.67. The third-order valence-corrected chi connectivity index (χ3v) is 2.91. The summed E-state index contributed by atoms with van der Waals surface area (Å²) in [6, 6.07) is 1.94. The van der Waals surface area contributed by atoms with E-state index in [1.54, 1.807) is 0 Å². The van der Waals surface area contributed by atoms with Crippen LogP contribution in [0.5, 0.6) is 0 Å².